The van der Waals surface area contributed by atoms with Gasteiger partial charge in [0.1, 0.15) is 12.1 Å². The number of carbonyl (C=O) groups is 6. The van der Waals surface area contributed by atoms with E-state index in [0.29, 0.717) is 16.9 Å². The van der Waals surface area contributed by atoms with E-state index in [2.05, 4.69) is 26.6 Å². The first kappa shape index (κ1) is 34.8. The van der Waals surface area contributed by atoms with E-state index in [1.165, 1.54) is 0 Å². The number of rotatable bonds is 16. The molecule has 242 valence electrons. The van der Waals surface area contributed by atoms with Crippen LogP contribution in [-0.4, -0.2) is 59.4 Å². The van der Waals surface area contributed by atoms with Gasteiger partial charge in [0.25, 0.3) is 0 Å². The molecule has 3 rings (SSSR count). The van der Waals surface area contributed by atoms with E-state index in [-0.39, 0.29) is 32.1 Å². The number of nitrogens with two attached hydrogens (primary N) is 1. The van der Waals surface area contributed by atoms with Crippen LogP contribution < -0.4 is 32.3 Å². The minimum absolute atomic E-state index is 0.0159. The Kier molecular flexibility index (Phi) is 13.3. The van der Waals surface area contributed by atoms with Gasteiger partial charge in [0.15, 0.2) is 0 Å². The van der Waals surface area contributed by atoms with Gasteiger partial charge in [-0.2, -0.15) is 0 Å². The standard InChI is InChI=1S/C33H38N6O7/c1-21-8-5-6-11-25(21)39-33(46)36-24-16-14-23(15-17-24)19-28(40)35-20-29(41)37-26(12-7-13-30(42)43)32(45)38-27(31(34)44)18-22-9-3-2-4-10-22/h2-6,8-11,14-17,26-27H,7,12-13,18-20H2,1H3,(H2,34,44)(H,35,40)(H,37,41)(H,38,45)(H,42,43)(H2,36,39,46). The van der Waals surface area contributed by atoms with Crippen LogP contribution in [0.15, 0.2) is 78.9 Å². The van der Waals surface area contributed by atoms with Crippen LogP contribution in [0.1, 0.15) is 36.0 Å². The Hall–Kier alpha value is -5.72. The van der Waals surface area contributed by atoms with Crippen LogP contribution in [0.25, 0.3) is 0 Å². The molecule has 0 aromatic heterocycles. The fraction of sp³-hybridized carbons (Fsp3) is 0.273. The summed E-state index contributed by atoms with van der Waals surface area (Å²) in [6.45, 7) is 1.44. The summed E-state index contributed by atoms with van der Waals surface area (Å²) in [5.41, 5.74) is 9.00. The maximum atomic E-state index is 13.0. The number of anilines is 2. The summed E-state index contributed by atoms with van der Waals surface area (Å²) in [4.78, 5) is 73.6. The van der Waals surface area contributed by atoms with Crippen molar-refractivity contribution in [2.75, 3.05) is 17.2 Å². The maximum absolute atomic E-state index is 13.0. The van der Waals surface area contributed by atoms with Gasteiger partial charge in [-0.15, -0.1) is 0 Å². The van der Waals surface area contributed by atoms with E-state index in [1.54, 1.807) is 60.7 Å². The largest absolute Gasteiger partial charge is 0.481 e. The molecule has 46 heavy (non-hydrogen) atoms. The zero-order chi connectivity index (χ0) is 33.5. The zero-order valence-corrected chi connectivity index (χ0v) is 25.4. The monoisotopic (exact) mass is 630 g/mol. The third kappa shape index (κ3) is 12.1. The Labute approximate surface area is 266 Å². The molecule has 0 aliphatic heterocycles. The van der Waals surface area contributed by atoms with Crippen molar-refractivity contribution >= 4 is 47.0 Å². The van der Waals surface area contributed by atoms with E-state index >= 15 is 0 Å². The molecule has 0 aliphatic rings. The molecule has 2 unspecified atom stereocenters. The number of nitrogens with one attached hydrogen (secondary N) is 5. The molecule has 0 spiro atoms. The third-order valence-electron chi connectivity index (χ3n) is 6.89. The van der Waals surface area contributed by atoms with Crippen LogP contribution in [-0.2, 0) is 36.8 Å². The molecule has 8 N–H and O–H groups in total. The van der Waals surface area contributed by atoms with E-state index in [4.69, 9.17) is 10.8 Å². The smallest absolute Gasteiger partial charge is 0.323 e. The number of carbonyl (C=O) groups excluding carboxylic acids is 5. The molecule has 0 bridgehead atoms. The highest BCUT2D eigenvalue weighted by atomic mass is 16.4. The lowest BCUT2D eigenvalue weighted by Gasteiger charge is -2.22. The van der Waals surface area contributed by atoms with Crippen LogP contribution in [0.2, 0.25) is 0 Å². The van der Waals surface area contributed by atoms with E-state index < -0.39 is 54.3 Å². The lowest BCUT2D eigenvalue weighted by Crippen LogP contribution is -2.54. The molecule has 0 fully saturated rings. The second-order valence-corrected chi connectivity index (χ2v) is 10.6. The molecule has 6 amide bonds. The van der Waals surface area contributed by atoms with E-state index in [1.807, 2.05) is 25.1 Å². The SMILES string of the molecule is Cc1ccccc1NC(=O)Nc1ccc(CC(=O)NCC(=O)NC(CCCC(=O)O)C(=O)NC(Cc2ccccc2)C(N)=O)cc1. The van der Waals surface area contributed by atoms with Gasteiger partial charge in [0.05, 0.1) is 13.0 Å². The number of hydrogen-bond donors (Lipinski definition) is 7. The number of aliphatic carboxylic acids is 1. The van der Waals surface area contributed by atoms with E-state index in [0.717, 1.165) is 11.1 Å². The fourth-order valence-corrected chi connectivity index (χ4v) is 4.45. The molecule has 0 aliphatic carbocycles. The van der Waals surface area contributed by atoms with Crippen molar-refractivity contribution < 1.29 is 33.9 Å². The lowest BCUT2D eigenvalue weighted by molar-refractivity contribution is -0.137. The molecule has 0 saturated carbocycles. The number of aryl methyl sites for hydroxylation is 1. The van der Waals surface area contributed by atoms with Gasteiger partial charge < -0.3 is 37.4 Å². The molecular weight excluding hydrogens is 592 g/mol. The Morgan fingerprint density at radius 1 is 0.761 bits per heavy atom. The summed E-state index contributed by atoms with van der Waals surface area (Å²) >= 11 is 0. The third-order valence-corrected chi connectivity index (χ3v) is 6.89. The number of urea groups is 1. The number of carboxylic acids is 1. The Morgan fingerprint density at radius 2 is 1.43 bits per heavy atom. The normalized spacial score (nSPS) is 11.8. The second kappa shape index (κ2) is 17.5. The molecule has 2 atom stereocenters. The first-order valence-corrected chi connectivity index (χ1v) is 14.6. The number of amides is 6. The number of primary amides is 1. The Balaban J connectivity index is 1.50. The Morgan fingerprint density at radius 3 is 2.09 bits per heavy atom. The maximum Gasteiger partial charge on any atom is 0.323 e. The summed E-state index contributed by atoms with van der Waals surface area (Å²) in [6.07, 6.45) is -0.0849. The van der Waals surface area contributed by atoms with Crippen LogP contribution >= 0.6 is 0 Å². The first-order chi connectivity index (χ1) is 22.0. The summed E-state index contributed by atoms with van der Waals surface area (Å²) in [6, 6.07) is 20.2. The molecule has 3 aromatic carbocycles. The molecule has 0 radical (unpaired) electrons. The predicted molar refractivity (Wildman–Crippen MR) is 172 cm³/mol. The van der Waals surface area contributed by atoms with Crippen molar-refractivity contribution in [2.24, 2.45) is 5.73 Å². The van der Waals surface area contributed by atoms with Crippen molar-refractivity contribution in [3.8, 4) is 0 Å². The molecular formula is C33H38N6O7. The number of para-hydroxylation sites is 1. The number of hydrogen-bond acceptors (Lipinski definition) is 6. The van der Waals surface area contributed by atoms with Gasteiger partial charge in [0, 0.05) is 24.2 Å². The summed E-state index contributed by atoms with van der Waals surface area (Å²) in [7, 11) is 0. The van der Waals surface area contributed by atoms with Crippen LogP contribution in [0.3, 0.4) is 0 Å². The minimum atomic E-state index is -1.16. The van der Waals surface area contributed by atoms with Crippen molar-refractivity contribution in [3.63, 3.8) is 0 Å². The zero-order valence-electron chi connectivity index (χ0n) is 25.4. The summed E-state index contributed by atoms with van der Waals surface area (Å²) < 4.78 is 0. The lowest BCUT2D eigenvalue weighted by atomic mass is 10.0. The molecule has 13 heteroatoms. The number of benzene rings is 3. The molecule has 0 heterocycles. The van der Waals surface area contributed by atoms with Gasteiger partial charge in [-0.25, -0.2) is 4.79 Å². The highest BCUT2D eigenvalue weighted by Crippen LogP contribution is 2.15. The van der Waals surface area contributed by atoms with Crippen molar-refractivity contribution in [1.82, 2.24) is 16.0 Å². The van der Waals surface area contributed by atoms with Crippen molar-refractivity contribution in [1.29, 1.82) is 0 Å². The quantitative estimate of drug-likeness (QED) is 0.125. The average molecular weight is 631 g/mol. The summed E-state index contributed by atoms with van der Waals surface area (Å²) in [5.74, 6) is -3.68. The van der Waals surface area contributed by atoms with Gasteiger partial charge in [0.2, 0.25) is 23.6 Å². The van der Waals surface area contributed by atoms with Crippen LogP contribution in [0, 0.1) is 6.92 Å². The molecule has 0 saturated heterocycles. The fourth-order valence-electron chi connectivity index (χ4n) is 4.45. The topological polar surface area (TPSA) is 209 Å². The first-order valence-electron chi connectivity index (χ1n) is 14.6. The average Bonchev–Trinajstić information content (AvgIpc) is 3.01. The molecule has 13 nitrogen and oxygen atoms in total. The highest BCUT2D eigenvalue weighted by Gasteiger charge is 2.26. The van der Waals surface area contributed by atoms with Crippen LogP contribution in [0.4, 0.5) is 16.2 Å². The van der Waals surface area contributed by atoms with Crippen LogP contribution in [0.5, 0.6) is 0 Å². The Bertz CT molecular complexity index is 1530. The minimum Gasteiger partial charge on any atom is -0.481 e. The van der Waals surface area contributed by atoms with Gasteiger partial charge in [-0.1, -0.05) is 60.7 Å². The number of carboxylic acid groups (broad SMARTS) is 1. The van der Waals surface area contributed by atoms with Crippen molar-refractivity contribution in [3.05, 3.63) is 95.6 Å². The highest BCUT2D eigenvalue weighted by molar-refractivity contribution is 6.00. The predicted octanol–water partition coefficient (Wildman–Crippen LogP) is 2.25. The van der Waals surface area contributed by atoms with Gasteiger partial charge in [-0.05, 0) is 54.7 Å². The van der Waals surface area contributed by atoms with Crippen molar-refractivity contribution in [2.45, 2.75) is 51.1 Å². The second-order valence-electron chi connectivity index (χ2n) is 10.6. The van der Waals surface area contributed by atoms with Gasteiger partial charge in [-0.3, -0.25) is 24.0 Å². The molecule has 3 aromatic rings. The van der Waals surface area contributed by atoms with E-state index in [9.17, 15) is 28.8 Å². The van der Waals surface area contributed by atoms with Gasteiger partial charge >= 0.3 is 12.0 Å². The summed E-state index contributed by atoms with van der Waals surface area (Å²) in [5, 5.41) is 22.0.